The van der Waals surface area contributed by atoms with Crippen LogP contribution in [0.1, 0.15) is 28.4 Å². The van der Waals surface area contributed by atoms with Crippen molar-refractivity contribution in [2.45, 2.75) is 20.5 Å². The molecule has 0 aliphatic heterocycles. The van der Waals surface area contributed by atoms with Gasteiger partial charge in [0.25, 0.3) is 5.91 Å². The molecular weight excluding hydrogens is 416 g/mol. The molecule has 0 aliphatic rings. The van der Waals surface area contributed by atoms with E-state index < -0.39 is 0 Å². The molecule has 0 fully saturated rings. The predicted molar refractivity (Wildman–Crippen MR) is 122 cm³/mol. The molecule has 0 radical (unpaired) electrons. The average Bonchev–Trinajstić information content (AvgIpc) is 2.75. The minimum atomic E-state index is -0.305. The van der Waals surface area contributed by atoms with Gasteiger partial charge in [0, 0.05) is 28.9 Å². The van der Waals surface area contributed by atoms with Gasteiger partial charge in [-0.3, -0.25) is 9.59 Å². The maximum atomic E-state index is 12.7. The molecule has 160 valence electrons. The van der Waals surface area contributed by atoms with E-state index in [9.17, 15) is 9.59 Å². The predicted octanol–water partition coefficient (Wildman–Crippen LogP) is 5.45. The van der Waals surface area contributed by atoms with Gasteiger partial charge in [0.05, 0.1) is 7.11 Å². The molecule has 3 rings (SSSR count). The Morgan fingerprint density at radius 1 is 0.935 bits per heavy atom. The van der Waals surface area contributed by atoms with Gasteiger partial charge in [-0.1, -0.05) is 29.8 Å². The molecule has 0 bridgehead atoms. The molecule has 0 aliphatic carbocycles. The lowest BCUT2D eigenvalue weighted by molar-refractivity contribution is -0.114. The number of anilines is 2. The lowest BCUT2D eigenvalue weighted by Crippen LogP contribution is -2.13. The monoisotopic (exact) mass is 438 g/mol. The quantitative estimate of drug-likeness (QED) is 0.514. The van der Waals surface area contributed by atoms with Crippen molar-refractivity contribution in [3.63, 3.8) is 0 Å². The fourth-order valence-corrected chi connectivity index (χ4v) is 3.02. The Labute approximate surface area is 186 Å². The largest absolute Gasteiger partial charge is 0.493 e. The summed E-state index contributed by atoms with van der Waals surface area (Å²) in [6.45, 7) is 3.66. The zero-order valence-electron chi connectivity index (χ0n) is 17.5. The molecule has 2 amide bonds. The number of benzene rings is 3. The van der Waals surface area contributed by atoms with Crippen molar-refractivity contribution in [1.29, 1.82) is 0 Å². The second-order valence-electron chi connectivity index (χ2n) is 6.95. The number of carbonyl (C=O) groups excluding carboxylic acids is 2. The Hall–Kier alpha value is -3.51. The molecule has 0 saturated heterocycles. The van der Waals surface area contributed by atoms with E-state index in [2.05, 4.69) is 10.6 Å². The number of hydrogen-bond acceptors (Lipinski definition) is 4. The Morgan fingerprint density at radius 3 is 2.35 bits per heavy atom. The molecule has 3 aromatic rings. The van der Waals surface area contributed by atoms with E-state index in [0.29, 0.717) is 40.1 Å². The second-order valence-corrected chi connectivity index (χ2v) is 7.38. The van der Waals surface area contributed by atoms with Gasteiger partial charge in [0.1, 0.15) is 6.61 Å². The molecule has 0 spiro atoms. The van der Waals surface area contributed by atoms with Crippen LogP contribution in [-0.4, -0.2) is 18.9 Å². The van der Waals surface area contributed by atoms with E-state index in [4.69, 9.17) is 21.1 Å². The van der Waals surface area contributed by atoms with Crippen molar-refractivity contribution >= 4 is 34.8 Å². The SMILES string of the molecule is COc1cc(C(=O)Nc2ccc(C)c(NC(C)=O)c2)ccc1OCc1ccc(Cl)cc1. The molecule has 0 unspecified atom stereocenters. The number of methoxy groups -OCH3 is 1. The van der Waals surface area contributed by atoms with Gasteiger partial charge >= 0.3 is 0 Å². The first-order chi connectivity index (χ1) is 14.9. The summed E-state index contributed by atoms with van der Waals surface area (Å²) in [5.74, 6) is 0.493. The molecule has 7 heteroatoms. The smallest absolute Gasteiger partial charge is 0.255 e. The van der Waals surface area contributed by atoms with Crippen LogP contribution in [0.4, 0.5) is 11.4 Å². The van der Waals surface area contributed by atoms with Crippen LogP contribution in [0.15, 0.2) is 60.7 Å². The Balaban J connectivity index is 1.71. The van der Waals surface area contributed by atoms with E-state index in [1.165, 1.54) is 14.0 Å². The highest BCUT2D eigenvalue weighted by Crippen LogP contribution is 2.29. The number of ether oxygens (including phenoxy) is 2. The molecule has 31 heavy (non-hydrogen) atoms. The van der Waals surface area contributed by atoms with Gasteiger partial charge in [-0.15, -0.1) is 0 Å². The topological polar surface area (TPSA) is 76.7 Å². The van der Waals surface area contributed by atoms with Crippen molar-refractivity contribution in [3.8, 4) is 11.5 Å². The lowest BCUT2D eigenvalue weighted by Gasteiger charge is -2.13. The van der Waals surface area contributed by atoms with Gasteiger partial charge in [0.2, 0.25) is 5.91 Å². The number of carbonyl (C=O) groups is 2. The van der Waals surface area contributed by atoms with E-state index in [1.54, 1.807) is 42.5 Å². The summed E-state index contributed by atoms with van der Waals surface area (Å²) in [7, 11) is 1.52. The minimum absolute atomic E-state index is 0.175. The van der Waals surface area contributed by atoms with Crippen LogP contribution >= 0.6 is 11.6 Å². The summed E-state index contributed by atoms with van der Waals surface area (Å²) in [6.07, 6.45) is 0. The third kappa shape index (κ3) is 5.99. The summed E-state index contributed by atoms with van der Waals surface area (Å²) in [5, 5.41) is 6.24. The highest BCUT2D eigenvalue weighted by molar-refractivity contribution is 6.30. The number of halogens is 1. The van der Waals surface area contributed by atoms with Crippen LogP contribution < -0.4 is 20.1 Å². The van der Waals surface area contributed by atoms with Crippen LogP contribution in [0.5, 0.6) is 11.5 Å². The lowest BCUT2D eigenvalue weighted by atomic mass is 10.1. The summed E-state index contributed by atoms with van der Waals surface area (Å²) < 4.78 is 11.2. The first-order valence-corrected chi connectivity index (χ1v) is 9.98. The molecular formula is C24H23ClN2O4. The van der Waals surface area contributed by atoms with Crippen molar-refractivity contribution in [2.75, 3.05) is 17.7 Å². The first kappa shape index (κ1) is 22.2. The van der Waals surface area contributed by atoms with Gasteiger partial charge < -0.3 is 20.1 Å². The molecule has 0 atom stereocenters. The molecule has 0 aromatic heterocycles. The van der Waals surface area contributed by atoms with E-state index in [0.717, 1.165) is 11.1 Å². The Morgan fingerprint density at radius 2 is 1.68 bits per heavy atom. The third-order valence-corrected chi connectivity index (χ3v) is 4.79. The van der Waals surface area contributed by atoms with E-state index in [1.807, 2.05) is 25.1 Å². The maximum Gasteiger partial charge on any atom is 0.255 e. The van der Waals surface area contributed by atoms with Crippen LogP contribution in [0, 0.1) is 6.92 Å². The van der Waals surface area contributed by atoms with Crippen LogP contribution in [-0.2, 0) is 11.4 Å². The van der Waals surface area contributed by atoms with Crippen LogP contribution in [0.2, 0.25) is 5.02 Å². The second kappa shape index (κ2) is 10.00. The summed E-state index contributed by atoms with van der Waals surface area (Å²) in [6, 6.07) is 17.7. The molecule has 2 N–H and O–H groups in total. The highest BCUT2D eigenvalue weighted by Gasteiger charge is 2.13. The molecule has 0 heterocycles. The zero-order chi connectivity index (χ0) is 22.4. The van der Waals surface area contributed by atoms with Gasteiger partial charge in [-0.05, 0) is 60.5 Å². The number of hydrogen-bond donors (Lipinski definition) is 2. The Bertz CT molecular complexity index is 1100. The highest BCUT2D eigenvalue weighted by atomic mass is 35.5. The van der Waals surface area contributed by atoms with E-state index in [-0.39, 0.29) is 11.8 Å². The van der Waals surface area contributed by atoms with Crippen molar-refractivity contribution in [3.05, 3.63) is 82.4 Å². The van der Waals surface area contributed by atoms with Gasteiger partial charge in [-0.2, -0.15) is 0 Å². The average molecular weight is 439 g/mol. The van der Waals surface area contributed by atoms with E-state index >= 15 is 0 Å². The van der Waals surface area contributed by atoms with Crippen molar-refractivity contribution in [2.24, 2.45) is 0 Å². The summed E-state index contributed by atoms with van der Waals surface area (Å²) in [4.78, 5) is 24.1. The maximum absolute atomic E-state index is 12.7. The summed E-state index contributed by atoms with van der Waals surface area (Å²) in [5.41, 5.74) is 3.49. The summed E-state index contributed by atoms with van der Waals surface area (Å²) >= 11 is 5.90. The van der Waals surface area contributed by atoms with Crippen LogP contribution in [0.25, 0.3) is 0 Å². The number of rotatable bonds is 7. The Kier molecular flexibility index (Phi) is 7.15. The van der Waals surface area contributed by atoms with Crippen molar-refractivity contribution < 1.29 is 19.1 Å². The molecule has 3 aromatic carbocycles. The standard InChI is InChI=1S/C24H23ClN2O4/c1-15-4-10-20(13-21(15)26-16(2)28)27-24(29)18-7-11-22(23(12-18)30-3)31-14-17-5-8-19(25)9-6-17/h4-13H,14H2,1-3H3,(H,26,28)(H,27,29). The zero-order valence-corrected chi connectivity index (χ0v) is 18.2. The minimum Gasteiger partial charge on any atom is -0.493 e. The third-order valence-electron chi connectivity index (χ3n) is 4.54. The van der Waals surface area contributed by atoms with Crippen LogP contribution in [0.3, 0.4) is 0 Å². The fraction of sp³-hybridized carbons (Fsp3) is 0.167. The van der Waals surface area contributed by atoms with Gasteiger partial charge in [-0.25, -0.2) is 0 Å². The first-order valence-electron chi connectivity index (χ1n) is 9.60. The number of aryl methyl sites for hydroxylation is 1. The number of nitrogens with one attached hydrogen (secondary N) is 2. The van der Waals surface area contributed by atoms with Crippen molar-refractivity contribution in [1.82, 2.24) is 0 Å². The normalized spacial score (nSPS) is 10.3. The van der Waals surface area contributed by atoms with Gasteiger partial charge in [0.15, 0.2) is 11.5 Å². The fourth-order valence-electron chi connectivity index (χ4n) is 2.90. The molecule has 0 saturated carbocycles. The number of amides is 2. The molecule has 6 nitrogen and oxygen atoms in total.